The molecule has 0 aromatic heterocycles. The number of nitrogens with two attached hydrogens (primary N) is 1. The predicted octanol–water partition coefficient (Wildman–Crippen LogP) is 3.17. The zero-order valence-corrected chi connectivity index (χ0v) is 9.85. The monoisotopic (exact) mass is 223 g/mol. The number of thioether (sulfide) groups is 1. The van der Waals surface area contributed by atoms with Crippen molar-refractivity contribution in [1.29, 1.82) is 0 Å². The molecule has 2 N–H and O–H groups in total. The van der Waals surface area contributed by atoms with Crippen LogP contribution in [-0.2, 0) is 0 Å². The predicted molar refractivity (Wildman–Crippen MR) is 65.5 cm³/mol. The van der Waals surface area contributed by atoms with Crippen molar-refractivity contribution in [2.45, 2.75) is 24.2 Å². The second-order valence-corrected chi connectivity index (χ2v) is 5.08. The number of ether oxygens (including phenoxy) is 1. The highest BCUT2D eigenvalue weighted by molar-refractivity contribution is 7.99. The minimum atomic E-state index is 0.764. The van der Waals surface area contributed by atoms with Gasteiger partial charge in [-0.2, -0.15) is 0 Å². The fourth-order valence-electron chi connectivity index (χ4n) is 1.67. The Morgan fingerprint density at radius 3 is 2.87 bits per heavy atom. The fraction of sp³-hybridized carbons (Fsp3) is 0.500. The van der Waals surface area contributed by atoms with Crippen LogP contribution in [0.4, 0.5) is 5.69 Å². The Hall–Kier alpha value is -0.830. The Balaban J connectivity index is 1.99. The van der Waals surface area contributed by atoms with Crippen molar-refractivity contribution >= 4 is 17.4 Å². The smallest absolute Gasteiger partial charge is 0.134 e. The molecule has 0 amide bonds. The summed E-state index contributed by atoms with van der Waals surface area (Å²) in [6.07, 6.45) is 4.19. The lowest BCUT2D eigenvalue weighted by Gasteiger charge is -2.24. The third-order valence-corrected chi connectivity index (χ3v) is 4.17. The van der Waals surface area contributed by atoms with E-state index < -0.39 is 0 Å². The highest BCUT2D eigenvalue weighted by Gasteiger charge is 2.18. The number of rotatable bonds is 4. The van der Waals surface area contributed by atoms with E-state index in [0.717, 1.165) is 17.4 Å². The second-order valence-electron chi connectivity index (χ2n) is 4.02. The summed E-state index contributed by atoms with van der Waals surface area (Å²) in [5, 5.41) is 0. The molecule has 0 atom stereocenters. The molecule has 0 radical (unpaired) electrons. The molecule has 0 unspecified atom stereocenters. The summed E-state index contributed by atoms with van der Waals surface area (Å²) in [4.78, 5) is 1.21. The van der Waals surface area contributed by atoms with Gasteiger partial charge in [-0.1, -0.05) is 6.42 Å². The molecule has 82 valence electrons. The quantitative estimate of drug-likeness (QED) is 0.629. The molecule has 0 aliphatic heterocycles. The van der Waals surface area contributed by atoms with Crippen LogP contribution in [0.15, 0.2) is 23.1 Å². The molecule has 2 rings (SSSR count). The molecule has 0 saturated heterocycles. The summed E-state index contributed by atoms with van der Waals surface area (Å²) in [6.45, 7) is 0. The summed E-state index contributed by atoms with van der Waals surface area (Å²) >= 11 is 1.88. The van der Waals surface area contributed by atoms with Crippen LogP contribution in [-0.4, -0.2) is 12.9 Å². The van der Waals surface area contributed by atoms with Crippen LogP contribution in [0.3, 0.4) is 0 Å². The van der Waals surface area contributed by atoms with Crippen LogP contribution in [0.5, 0.6) is 5.75 Å². The van der Waals surface area contributed by atoms with E-state index >= 15 is 0 Å². The van der Waals surface area contributed by atoms with E-state index in [-0.39, 0.29) is 0 Å². The molecule has 1 fully saturated rings. The minimum Gasteiger partial charge on any atom is -0.496 e. The molecule has 1 aromatic rings. The van der Waals surface area contributed by atoms with E-state index in [4.69, 9.17) is 10.5 Å². The number of anilines is 1. The summed E-state index contributed by atoms with van der Waals surface area (Å²) in [6, 6.07) is 5.88. The highest BCUT2D eigenvalue weighted by atomic mass is 32.2. The Morgan fingerprint density at radius 2 is 2.27 bits per heavy atom. The van der Waals surface area contributed by atoms with Crippen molar-refractivity contribution in [3.05, 3.63) is 18.2 Å². The molecular weight excluding hydrogens is 206 g/mol. The first kappa shape index (κ1) is 10.7. The van der Waals surface area contributed by atoms with Gasteiger partial charge in [0.2, 0.25) is 0 Å². The van der Waals surface area contributed by atoms with Crippen LogP contribution in [0.25, 0.3) is 0 Å². The molecule has 3 heteroatoms. The standard InChI is InChI=1S/C12H17NOS/c1-14-11-7-10(13)5-6-12(11)15-8-9-3-2-4-9/h5-7,9H,2-4,8,13H2,1H3. The molecule has 1 saturated carbocycles. The Bertz CT molecular complexity index is 336. The van der Waals surface area contributed by atoms with Crippen molar-refractivity contribution < 1.29 is 4.74 Å². The number of methoxy groups -OCH3 is 1. The van der Waals surface area contributed by atoms with E-state index in [2.05, 4.69) is 6.07 Å². The lowest BCUT2D eigenvalue weighted by atomic mass is 9.87. The molecule has 2 nitrogen and oxygen atoms in total. The van der Waals surface area contributed by atoms with Crippen molar-refractivity contribution in [1.82, 2.24) is 0 Å². The molecule has 1 aromatic carbocycles. The summed E-state index contributed by atoms with van der Waals surface area (Å²) < 4.78 is 5.31. The number of nitrogen functional groups attached to an aromatic ring is 1. The second kappa shape index (κ2) is 4.79. The van der Waals surface area contributed by atoms with Crippen LogP contribution in [0, 0.1) is 5.92 Å². The van der Waals surface area contributed by atoms with Crippen LogP contribution in [0.1, 0.15) is 19.3 Å². The fourth-order valence-corrected chi connectivity index (χ4v) is 2.87. The maximum absolute atomic E-state index is 5.71. The molecule has 0 spiro atoms. The average Bonchev–Trinajstić information content (AvgIpc) is 2.17. The van der Waals surface area contributed by atoms with Gasteiger partial charge in [-0.05, 0) is 30.9 Å². The van der Waals surface area contributed by atoms with Crippen LogP contribution >= 0.6 is 11.8 Å². The van der Waals surface area contributed by atoms with Gasteiger partial charge in [0.05, 0.1) is 7.11 Å². The minimum absolute atomic E-state index is 0.764. The third-order valence-electron chi connectivity index (χ3n) is 2.89. The SMILES string of the molecule is COc1cc(N)ccc1SCC1CCC1. The highest BCUT2D eigenvalue weighted by Crippen LogP contribution is 2.36. The maximum Gasteiger partial charge on any atom is 0.134 e. The largest absolute Gasteiger partial charge is 0.496 e. The maximum atomic E-state index is 5.71. The van der Waals surface area contributed by atoms with Gasteiger partial charge < -0.3 is 10.5 Å². The van der Waals surface area contributed by atoms with Gasteiger partial charge >= 0.3 is 0 Å². The van der Waals surface area contributed by atoms with E-state index in [9.17, 15) is 0 Å². The van der Waals surface area contributed by atoms with Crippen molar-refractivity contribution in [2.75, 3.05) is 18.6 Å². The number of hydrogen-bond acceptors (Lipinski definition) is 3. The van der Waals surface area contributed by atoms with Gasteiger partial charge in [0.25, 0.3) is 0 Å². The molecule has 0 bridgehead atoms. The zero-order chi connectivity index (χ0) is 10.7. The van der Waals surface area contributed by atoms with Gasteiger partial charge in [0, 0.05) is 22.4 Å². The molecular formula is C12H17NOS. The summed E-state index contributed by atoms with van der Waals surface area (Å²) in [7, 11) is 1.70. The van der Waals surface area contributed by atoms with Gasteiger partial charge in [-0.3, -0.25) is 0 Å². The van der Waals surface area contributed by atoms with Crippen molar-refractivity contribution in [3.63, 3.8) is 0 Å². The average molecular weight is 223 g/mol. The van der Waals surface area contributed by atoms with Gasteiger partial charge in [-0.15, -0.1) is 11.8 Å². The first-order valence-electron chi connectivity index (χ1n) is 5.36. The van der Waals surface area contributed by atoms with Gasteiger partial charge in [0.15, 0.2) is 0 Å². The van der Waals surface area contributed by atoms with Gasteiger partial charge in [-0.25, -0.2) is 0 Å². The number of benzene rings is 1. The van der Waals surface area contributed by atoms with Crippen LogP contribution in [0.2, 0.25) is 0 Å². The van der Waals surface area contributed by atoms with E-state index in [1.54, 1.807) is 7.11 Å². The summed E-state index contributed by atoms with van der Waals surface area (Å²) in [5.41, 5.74) is 6.47. The first-order valence-corrected chi connectivity index (χ1v) is 6.34. The number of hydrogen-bond donors (Lipinski definition) is 1. The molecule has 1 aliphatic rings. The van der Waals surface area contributed by atoms with Crippen LogP contribution < -0.4 is 10.5 Å². The first-order chi connectivity index (χ1) is 7.29. The zero-order valence-electron chi connectivity index (χ0n) is 9.03. The van der Waals surface area contributed by atoms with Crippen molar-refractivity contribution in [2.24, 2.45) is 5.92 Å². The van der Waals surface area contributed by atoms with Crippen molar-refractivity contribution in [3.8, 4) is 5.75 Å². The topological polar surface area (TPSA) is 35.2 Å². The van der Waals surface area contributed by atoms with E-state index in [0.29, 0.717) is 0 Å². The van der Waals surface area contributed by atoms with E-state index in [1.165, 1.54) is 29.9 Å². The van der Waals surface area contributed by atoms with Gasteiger partial charge in [0.1, 0.15) is 5.75 Å². The summed E-state index contributed by atoms with van der Waals surface area (Å²) in [5.74, 6) is 3.02. The molecule has 15 heavy (non-hydrogen) atoms. The molecule has 0 heterocycles. The normalized spacial score (nSPS) is 16.1. The Morgan fingerprint density at radius 1 is 1.47 bits per heavy atom. The van der Waals surface area contributed by atoms with E-state index in [1.807, 2.05) is 23.9 Å². The third kappa shape index (κ3) is 2.59. The lowest BCUT2D eigenvalue weighted by Crippen LogP contribution is -2.13. The Labute approximate surface area is 95.2 Å². The lowest BCUT2D eigenvalue weighted by molar-refractivity contribution is 0.353. The molecule has 1 aliphatic carbocycles. The Kier molecular flexibility index (Phi) is 3.41.